The van der Waals surface area contributed by atoms with Crippen molar-refractivity contribution in [3.8, 4) is 17.2 Å². The van der Waals surface area contributed by atoms with Crippen LogP contribution in [0.2, 0.25) is 5.02 Å². The number of carbonyl (C=O) groups is 1. The number of nitrogen functional groups attached to an aromatic ring is 1. The second kappa shape index (κ2) is 14.1. The van der Waals surface area contributed by atoms with E-state index in [0.717, 1.165) is 22.3 Å². The van der Waals surface area contributed by atoms with Crippen LogP contribution in [0, 0.1) is 0 Å². The molecule has 0 radical (unpaired) electrons. The van der Waals surface area contributed by atoms with Crippen molar-refractivity contribution in [3.63, 3.8) is 0 Å². The molecule has 0 aromatic heterocycles. The Morgan fingerprint density at radius 1 is 0.925 bits per heavy atom. The summed E-state index contributed by atoms with van der Waals surface area (Å²) in [6.45, 7) is 4.41. The zero-order valence-corrected chi connectivity index (χ0v) is 23.8. The molecule has 8 nitrogen and oxygen atoms in total. The number of carbonyl (C=O) groups excluding carboxylic acids is 1. The van der Waals surface area contributed by atoms with Crippen molar-refractivity contribution in [3.05, 3.63) is 88.5 Å². The first kappa shape index (κ1) is 29.3. The molecule has 2 N–H and O–H groups in total. The average Bonchev–Trinajstić information content (AvgIpc) is 2.97. The molecule has 3 aromatic carbocycles. The van der Waals surface area contributed by atoms with Crippen molar-refractivity contribution in [2.24, 2.45) is 0 Å². The summed E-state index contributed by atoms with van der Waals surface area (Å²) in [5.74, 6) is 1.83. The van der Waals surface area contributed by atoms with Crippen LogP contribution < -0.4 is 19.9 Å². The van der Waals surface area contributed by atoms with Crippen molar-refractivity contribution in [1.29, 1.82) is 0 Å². The summed E-state index contributed by atoms with van der Waals surface area (Å²) in [5, 5.41) is 0.607. The van der Waals surface area contributed by atoms with Crippen LogP contribution in [0.1, 0.15) is 30.5 Å². The third kappa shape index (κ3) is 7.27. The number of methoxy groups -OCH3 is 2. The highest BCUT2D eigenvalue weighted by Crippen LogP contribution is 2.42. The van der Waals surface area contributed by atoms with E-state index in [4.69, 9.17) is 41.0 Å². The summed E-state index contributed by atoms with van der Waals surface area (Å²) in [6.07, 6.45) is 0.163. The van der Waals surface area contributed by atoms with Gasteiger partial charge in [-0.15, -0.1) is 0 Å². The Bertz CT molecular complexity index is 1310. The molecular formula is C31H35ClN2O6. The van der Waals surface area contributed by atoms with Gasteiger partial charge >= 0.3 is 6.09 Å². The predicted molar refractivity (Wildman–Crippen MR) is 156 cm³/mol. The van der Waals surface area contributed by atoms with Gasteiger partial charge in [-0.05, 0) is 84.7 Å². The fraction of sp³-hybridized carbons (Fsp3) is 0.323. The highest BCUT2D eigenvalue weighted by molar-refractivity contribution is 6.30. The standard InChI is InChI=1S/C31H35ClN2O6/c1-21-27(28-20-23(32)6-13-29(28)33)14-15-34(31(35)40-26-11-9-24(37-3)10-12-26)30(21)22-4-7-25(8-5-22)39-19-18-38-17-16-36-2/h4-13,20,30H,14-19,33H2,1-3H3. The molecule has 40 heavy (non-hydrogen) atoms. The van der Waals surface area contributed by atoms with Gasteiger partial charge in [0.05, 0.1) is 33.0 Å². The van der Waals surface area contributed by atoms with Gasteiger partial charge in [0.25, 0.3) is 0 Å². The number of nitrogens with two attached hydrogens (primary N) is 1. The Kier molecular flexibility index (Phi) is 10.3. The highest BCUT2D eigenvalue weighted by Gasteiger charge is 2.34. The van der Waals surface area contributed by atoms with E-state index in [1.54, 1.807) is 49.5 Å². The quantitative estimate of drug-likeness (QED) is 0.212. The number of rotatable bonds is 11. The molecule has 1 aliphatic heterocycles. The van der Waals surface area contributed by atoms with Crippen LogP contribution in [0.4, 0.5) is 10.5 Å². The van der Waals surface area contributed by atoms with Gasteiger partial charge in [0, 0.05) is 29.9 Å². The summed E-state index contributed by atoms with van der Waals surface area (Å²) in [5.41, 5.74) is 10.8. The van der Waals surface area contributed by atoms with Crippen LogP contribution in [0.5, 0.6) is 17.2 Å². The van der Waals surface area contributed by atoms with Crippen LogP contribution in [-0.4, -0.2) is 58.2 Å². The molecule has 1 heterocycles. The monoisotopic (exact) mass is 566 g/mol. The number of ether oxygens (including phenoxy) is 5. The number of hydrogen-bond acceptors (Lipinski definition) is 7. The number of halogens is 1. The Morgan fingerprint density at radius 2 is 1.60 bits per heavy atom. The molecule has 0 saturated heterocycles. The number of anilines is 1. The topological polar surface area (TPSA) is 92.5 Å². The summed E-state index contributed by atoms with van der Waals surface area (Å²) < 4.78 is 27.2. The van der Waals surface area contributed by atoms with Gasteiger partial charge in [-0.1, -0.05) is 23.7 Å². The normalized spacial score (nSPS) is 15.2. The Balaban J connectivity index is 1.59. The summed E-state index contributed by atoms with van der Waals surface area (Å²) in [4.78, 5) is 15.2. The molecule has 0 bridgehead atoms. The first-order valence-electron chi connectivity index (χ1n) is 13.1. The Morgan fingerprint density at radius 3 is 2.30 bits per heavy atom. The summed E-state index contributed by atoms with van der Waals surface area (Å²) >= 11 is 6.32. The van der Waals surface area contributed by atoms with Crippen molar-refractivity contribution < 1.29 is 28.5 Å². The number of benzene rings is 3. The molecule has 0 fully saturated rings. The smallest absolute Gasteiger partial charge is 0.416 e. The van der Waals surface area contributed by atoms with Crippen LogP contribution in [0.15, 0.2) is 72.3 Å². The lowest BCUT2D eigenvalue weighted by atomic mass is 9.85. The largest absolute Gasteiger partial charge is 0.497 e. The minimum Gasteiger partial charge on any atom is -0.497 e. The zero-order chi connectivity index (χ0) is 28.5. The number of nitrogens with zero attached hydrogens (tertiary/aromatic N) is 1. The van der Waals surface area contributed by atoms with Gasteiger partial charge in [0.2, 0.25) is 0 Å². The van der Waals surface area contributed by atoms with Crippen LogP contribution >= 0.6 is 11.6 Å². The number of amides is 1. The van der Waals surface area contributed by atoms with E-state index in [0.29, 0.717) is 67.4 Å². The van der Waals surface area contributed by atoms with E-state index < -0.39 is 6.09 Å². The molecule has 0 saturated carbocycles. The first-order chi connectivity index (χ1) is 19.4. The maximum Gasteiger partial charge on any atom is 0.416 e. The van der Waals surface area contributed by atoms with E-state index in [1.165, 1.54) is 0 Å². The van der Waals surface area contributed by atoms with E-state index >= 15 is 0 Å². The van der Waals surface area contributed by atoms with E-state index in [9.17, 15) is 4.79 Å². The van der Waals surface area contributed by atoms with Crippen molar-refractivity contribution in [2.75, 3.05) is 52.9 Å². The molecule has 9 heteroatoms. The van der Waals surface area contributed by atoms with Gasteiger partial charge in [0.1, 0.15) is 23.9 Å². The third-order valence-electron chi connectivity index (χ3n) is 6.76. The van der Waals surface area contributed by atoms with E-state index in [2.05, 4.69) is 0 Å². The molecule has 1 amide bonds. The van der Waals surface area contributed by atoms with E-state index in [-0.39, 0.29) is 6.04 Å². The van der Waals surface area contributed by atoms with Crippen LogP contribution in [0.3, 0.4) is 0 Å². The average molecular weight is 567 g/mol. The summed E-state index contributed by atoms with van der Waals surface area (Å²) in [6, 6.07) is 19.7. The molecule has 0 spiro atoms. The van der Waals surface area contributed by atoms with Gasteiger partial charge in [0.15, 0.2) is 0 Å². The fourth-order valence-electron chi connectivity index (χ4n) is 4.73. The van der Waals surface area contributed by atoms with Gasteiger partial charge in [-0.3, -0.25) is 4.90 Å². The lowest BCUT2D eigenvalue weighted by molar-refractivity contribution is 0.0544. The minimum absolute atomic E-state index is 0.376. The molecule has 1 unspecified atom stereocenters. The second-order valence-corrected chi connectivity index (χ2v) is 9.74. The molecule has 1 aliphatic rings. The van der Waals surface area contributed by atoms with Crippen LogP contribution in [-0.2, 0) is 9.47 Å². The number of hydrogen-bond donors (Lipinski definition) is 1. The lowest BCUT2D eigenvalue weighted by Crippen LogP contribution is -2.41. The van der Waals surface area contributed by atoms with Gasteiger partial charge in [-0.2, -0.15) is 0 Å². The lowest BCUT2D eigenvalue weighted by Gasteiger charge is -2.38. The second-order valence-electron chi connectivity index (χ2n) is 9.31. The molecule has 0 aliphatic carbocycles. The first-order valence-corrected chi connectivity index (χ1v) is 13.5. The maximum absolute atomic E-state index is 13.5. The predicted octanol–water partition coefficient (Wildman–Crippen LogP) is 6.39. The zero-order valence-electron chi connectivity index (χ0n) is 23.0. The highest BCUT2D eigenvalue weighted by atomic mass is 35.5. The van der Waals surface area contributed by atoms with Gasteiger partial charge in [-0.25, -0.2) is 4.79 Å². The molecule has 3 aromatic rings. The van der Waals surface area contributed by atoms with E-state index in [1.807, 2.05) is 43.3 Å². The molecular weight excluding hydrogens is 532 g/mol. The maximum atomic E-state index is 13.5. The SMILES string of the molecule is COCCOCCOc1ccc(C2C(C)=C(c3cc(Cl)ccc3N)CCN2C(=O)Oc2ccc(OC)cc2)cc1. The minimum atomic E-state index is -0.443. The summed E-state index contributed by atoms with van der Waals surface area (Å²) in [7, 11) is 3.23. The Hall–Kier alpha value is -3.72. The van der Waals surface area contributed by atoms with Crippen molar-refractivity contribution in [1.82, 2.24) is 4.90 Å². The molecule has 212 valence electrons. The fourth-order valence-corrected chi connectivity index (χ4v) is 4.91. The van der Waals surface area contributed by atoms with Crippen molar-refractivity contribution in [2.45, 2.75) is 19.4 Å². The van der Waals surface area contributed by atoms with Gasteiger partial charge < -0.3 is 29.4 Å². The van der Waals surface area contributed by atoms with Crippen LogP contribution in [0.25, 0.3) is 5.57 Å². The Labute approximate surface area is 240 Å². The molecule has 4 rings (SSSR count). The third-order valence-corrected chi connectivity index (χ3v) is 7.00. The van der Waals surface area contributed by atoms with Crippen molar-refractivity contribution >= 4 is 29.0 Å². The molecule has 1 atom stereocenters.